The number of hydrogen-bond acceptors (Lipinski definition) is 5. The zero-order valence-electron chi connectivity index (χ0n) is 13.3. The lowest BCUT2D eigenvalue weighted by atomic mass is 9.78. The number of likely N-dealkylation sites (N-methyl/N-ethyl adjacent to an activating group) is 1. The van der Waals surface area contributed by atoms with Crippen molar-refractivity contribution in [1.82, 2.24) is 13.9 Å². The molecule has 0 aromatic carbocycles. The molecule has 2 atom stereocenters. The third-order valence-electron chi connectivity index (χ3n) is 4.77. The fourth-order valence-electron chi connectivity index (χ4n) is 3.17. The Morgan fingerprint density at radius 1 is 1.33 bits per heavy atom. The van der Waals surface area contributed by atoms with Gasteiger partial charge in [0.2, 0.25) is 0 Å². The molecule has 2 heterocycles. The summed E-state index contributed by atoms with van der Waals surface area (Å²) in [5.41, 5.74) is -1.21. The minimum atomic E-state index is -3.35. The van der Waals surface area contributed by atoms with Gasteiger partial charge in [-0.25, -0.2) is 0 Å². The van der Waals surface area contributed by atoms with Crippen LogP contribution in [-0.2, 0) is 14.9 Å². The molecule has 2 rings (SSSR count). The molecule has 1 spiro atoms. The lowest BCUT2D eigenvalue weighted by Crippen LogP contribution is -2.63. The lowest BCUT2D eigenvalue weighted by Gasteiger charge is -2.50. The highest BCUT2D eigenvalue weighted by molar-refractivity contribution is 7.86. The van der Waals surface area contributed by atoms with Crippen LogP contribution in [0.5, 0.6) is 0 Å². The molecule has 0 bridgehead atoms. The normalized spacial score (nSPS) is 34.5. The van der Waals surface area contributed by atoms with Crippen LogP contribution in [0.2, 0.25) is 0 Å². The van der Waals surface area contributed by atoms with Crippen LogP contribution in [0, 0.1) is 0 Å². The van der Waals surface area contributed by atoms with Crippen molar-refractivity contribution in [3.8, 4) is 0 Å². The molecule has 0 aromatic rings. The van der Waals surface area contributed by atoms with Crippen molar-refractivity contribution in [2.45, 2.75) is 43.4 Å². The Bertz CT molecular complexity index is 470. The predicted molar refractivity (Wildman–Crippen MR) is 80.2 cm³/mol. The van der Waals surface area contributed by atoms with Gasteiger partial charge in [0.25, 0.3) is 10.2 Å². The summed E-state index contributed by atoms with van der Waals surface area (Å²) in [6, 6.07) is -0.0387. The molecule has 7 nitrogen and oxygen atoms in total. The van der Waals surface area contributed by atoms with Crippen LogP contribution in [0.3, 0.4) is 0 Å². The summed E-state index contributed by atoms with van der Waals surface area (Å²) in [7, 11) is 1.58. The van der Waals surface area contributed by atoms with Crippen LogP contribution < -0.4 is 5.32 Å². The second-order valence-electron chi connectivity index (χ2n) is 6.56. The van der Waals surface area contributed by atoms with Gasteiger partial charge >= 0.3 is 0 Å². The Kier molecular flexibility index (Phi) is 4.68. The van der Waals surface area contributed by atoms with Gasteiger partial charge in [0.05, 0.1) is 12.2 Å². The minimum Gasteiger partial charge on any atom is -0.386 e. The maximum atomic E-state index is 12.1. The highest BCUT2D eigenvalue weighted by Gasteiger charge is 2.48. The number of hydrogen-bond donors (Lipinski definition) is 2. The van der Waals surface area contributed by atoms with E-state index in [0.29, 0.717) is 32.4 Å². The van der Waals surface area contributed by atoms with E-state index in [1.807, 2.05) is 7.05 Å². The van der Waals surface area contributed by atoms with Crippen LogP contribution in [0.1, 0.15) is 26.2 Å². The van der Waals surface area contributed by atoms with E-state index in [-0.39, 0.29) is 18.2 Å². The first-order chi connectivity index (χ1) is 9.63. The van der Waals surface area contributed by atoms with Gasteiger partial charge in [0.15, 0.2) is 0 Å². The third-order valence-corrected chi connectivity index (χ3v) is 6.71. The number of aliphatic hydroxyl groups is 1. The molecule has 2 aliphatic heterocycles. The molecule has 0 radical (unpaired) electrons. The van der Waals surface area contributed by atoms with Crippen LogP contribution in [-0.4, -0.2) is 80.2 Å². The smallest absolute Gasteiger partial charge is 0.281 e. The van der Waals surface area contributed by atoms with Crippen LogP contribution in [0.15, 0.2) is 0 Å². The van der Waals surface area contributed by atoms with E-state index in [9.17, 15) is 13.5 Å². The first kappa shape index (κ1) is 17.1. The molecule has 8 heteroatoms. The average Bonchev–Trinajstić information content (AvgIpc) is 2.42. The zero-order chi connectivity index (χ0) is 15.9. The van der Waals surface area contributed by atoms with E-state index in [2.05, 4.69) is 5.32 Å². The number of rotatable bonds is 3. The predicted octanol–water partition coefficient (Wildman–Crippen LogP) is -0.613. The summed E-state index contributed by atoms with van der Waals surface area (Å²) < 4.78 is 33.0. The molecule has 0 amide bonds. The molecule has 124 valence electrons. The monoisotopic (exact) mass is 321 g/mol. The topological polar surface area (TPSA) is 82.1 Å². The van der Waals surface area contributed by atoms with E-state index >= 15 is 0 Å². The largest absolute Gasteiger partial charge is 0.386 e. The number of ether oxygens (including phenoxy) is 1. The van der Waals surface area contributed by atoms with Crippen LogP contribution >= 0.6 is 0 Å². The highest BCUT2D eigenvalue weighted by atomic mass is 32.2. The molecule has 21 heavy (non-hydrogen) atoms. The SMILES string of the molecule is CN[C@H]1CC2(CCN(S(=O)(=O)N(C)C)CC2)OC[C@]1(C)O. The van der Waals surface area contributed by atoms with Gasteiger partial charge in [-0.3, -0.25) is 0 Å². The average molecular weight is 321 g/mol. The van der Waals surface area contributed by atoms with Gasteiger partial charge < -0.3 is 15.2 Å². The van der Waals surface area contributed by atoms with E-state index < -0.39 is 15.8 Å². The third kappa shape index (κ3) is 3.25. The summed E-state index contributed by atoms with van der Waals surface area (Å²) in [5.74, 6) is 0. The van der Waals surface area contributed by atoms with Crippen molar-refractivity contribution >= 4 is 10.2 Å². The van der Waals surface area contributed by atoms with Gasteiger partial charge in [-0.15, -0.1) is 0 Å². The van der Waals surface area contributed by atoms with Gasteiger partial charge in [-0.1, -0.05) is 0 Å². The molecule has 2 aliphatic rings. The van der Waals surface area contributed by atoms with E-state index in [1.54, 1.807) is 21.0 Å². The summed E-state index contributed by atoms with van der Waals surface area (Å²) in [6.07, 6.45) is 2.02. The zero-order valence-corrected chi connectivity index (χ0v) is 14.1. The van der Waals surface area contributed by atoms with Crippen molar-refractivity contribution in [3.05, 3.63) is 0 Å². The standard InChI is InChI=1S/C13H27N3O4S/c1-12(17)10-20-13(9-11(12)14-2)5-7-16(8-6-13)21(18,19)15(3)4/h11,14,17H,5-10H2,1-4H3/t11-,12-/m0/s1. The number of nitrogens with one attached hydrogen (secondary N) is 1. The van der Waals surface area contributed by atoms with Crippen LogP contribution in [0.25, 0.3) is 0 Å². The summed E-state index contributed by atoms with van der Waals surface area (Å²) in [5, 5.41) is 13.5. The van der Waals surface area contributed by atoms with Crippen LogP contribution in [0.4, 0.5) is 0 Å². The molecule has 0 unspecified atom stereocenters. The Morgan fingerprint density at radius 3 is 2.38 bits per heavy atom. The highest BCUT2D eigenvalue weighted by Crippen LogP contribution is 2.38. The van der Waals surface area contributed by atoms with Gasteiger partial charge in [0.1, 0.15) is 5.60 Å². The first-order valence-electron chi connectivity index (χ1n) is 7.34. The molecular weight excluding hydrogens is 294 g/mol. The maximum absolute atomic E-state index is 12.1. The fourth-order valence-corrected chi connectivity index (χ4v) is 4.27. The summed E-state index contributed by atoms with van der Waals surface area (Å²) >= 11 is 0. The second kappa shape index (κ2) is 5.75. The van der Waals surface area contributed by atoms with E-state index in [4.69, 9.17) is 4.74 Å². The molecule has 0 saturated carbocycles. The molecular formula is C13H27N3O4S. The quantitative estimate of drug-likeness (QED) is 0.724. The molecule has 0 aromatic heterocycles. The Balaban J connectivity index is 2.04. The molecule has 2 N–H and O–H groups in total. The molecule has 2 saturated heterocycles. The number of nitrogens with zero attached hydrogens (tertiary/aromatic N) is 2. The maximum Gasteiger partial charge on any atom is 0.281 e. The van der Waals surface area contributed by atoms with E-state index in [0.717, 1.165) is 0 Å². The second-order valence-corrected chi connectivity index (χ2v) is 8.71. The van der Waals surface area contributed by atoms with Crippen molar-refractivity contribution in [2.24, 2.45) is 0 Å². The van der Waals surface area contributed by atoms with Crippen molar-refractivity contribution in [1.29, 1.82) is 0 Å². The molecule has 2 fully saturated rings. The number of piperidine rings is 1. The minimum absolute atomic E-state index is 0.0387. The van der Waals surface area contributed by atoms with Crippen molar-refractivity contribution in [3.63, 3.8) is 0 Å². The molecule has 0 aliphatic carbocycles. The van der Waals surface area contributed by atoms with Crippen molar-refractivity contribution in [2.75, 3.05) is 40.8 Å². The van der Waals surface area contributed by atoms with E-state index in [1.165, 1.54) is 8.61 Å². The Hall–Kier alpha value is -0.250. The van der Waals surface area contributed by atoms with Crippen molar-refractivity contribution < 1.29 is 18.3 Å². The van der Waals surface area contributed by atoms with Gasteiger partial charge in [-0.2, -0.15) is 17.0 Å². The fraction of sp³-hybridized carbons (Fsp3) is 1.00. The Morgan fingerprint density at radius 2 is 1.90 bits per heavy atom. The van der Waals surface area contributed by atoms with Gasteiger partial charge in [-0.05, 0) is 33.2 Å². The summed E-state index contributed by atoms with van der Waals surface area (Å²) in [4.78, 5) is 0. The summed E-state index contributed by atoms with van der Waals surface area (Å²) in [6.45, 7) is 2.96. The lowest BCUT2D eigenvalue weighted by molar-refractivity contribution is -0.188. The Labute approximate surface area is 127 Å². The van der Waals surface area contributed by atoms with Gasteiger partial charge in [0, 0.05) is 33.2 Å². The first-order valence-corrected chi connectivity index (χ1v) is 8.74.